The second-order valence-corrected chi connectivity index (χ2v) is 4.51. The molecule has 4 heteroatoms. The molecule has 1 fully saturated rings. The summed E-state index contributed by atoms with van der Waals surface area (Å²) in [6.45, 7) is 1.75. The third-order valence-corrected chi connectivity index (χ3v) is 3.32. The zero-order valence-electron chi connectivity index (χ0n) is 9.73. The molecule has 17 heavy (non-hydrogen) atoms. The number of carbonyl (C=O) groups is 1. The SMILES string of the molecule is Cc1nc(C2(O)CCC(=O)CC2)ccc1C#N. The van der Waals surface area contributed by atoms with E-state index in [0.29, 0.717) is 42.6 Å². The molecule has 2 rings (SSSR count). The van der Waals surface area contributed by atoms with E-state index in [0.717, 1.165) is 0 Å². The highest BCUT2D eigenvalue weighted by atomic mass is 16.3. The number of aryl methyl sites for hydroxylation is 1. The zero-order valence-corrected chi connectivity index (χ0v) is 9.73. The Labute approximate surface area is 99.9 Å². The van der Waals surface area contributed by atoms with E-state index in [1.165, 1.54) is 0 Å². The molecular formula is C13H14N2O2. The summed E-state index contributed by atoms with van der Waals surface area (Å²) in [5, 5.41) is 19.3. The standard InChI is InChI=1S/C13H14N2O2/c1-9-10(8-14)2-3-12(15-9)13(17)6-4-11(16)5-7-13/h2-3,17H,4-7H2,1H3. The van der Waals surface area contributed by atoms with Crippen LogP contribution in [0.3, 0.4) is 0 Å². The second-order valence-electron chi connectivity index (χ2n) is 4.51. The average molecular weight is 230 g/mol. The first-order valence-electron chi connectivity index (χ1n) is 5.67. The highest BCUT2D eigenvalue weighted by Gasteiger charge is 2.35. The summed E-state index contributed by atoms with van der Waals surface area (Å²) in [6.07, 6.45) is 1.64. The first-order valence-corrected chi connectivity index (χ1v) is 5.67. The number of Topliss-reactive ketones (excluding diaryl/α,β-unsaturated/α-hetero) is 1. The van der Waals surface area contributed by atoms with Crippen LogP contribution in [-0.4, -0.2) is 15.9 Å². The van der Waals surface area contributed by atoms with Crippen molar-refractivity contribution in [3.05, 3.63) is 29.1 Å². The topological polar surface area (TPSA) is 74.0 Å². The van der Waals surface area contributed by atoms with Crippen molar-refractivity contribution in [3.8, 4) is 6.07 Å². The molecule has 1 N–H and O–H groups in total. The van der Waals surface area contributed by atoms with Crippen LogP contribution in [0, 0.1) is 18.3 Å². The summed E-state index contributed by atoms with van der Waals surface area (Å²) in [5.74, 6) is 0.194. The van der Waals surface area contributed by atoms with Crippen molar-refractivity contribution in [1.82, 2.24) is 4.98 Å². The van der Waals surface area contributed by atoms with Crippen molar-refractivity contribution in [2.45, 2.75) is 38.2 Å². The number of nitriles is 1. The van der Waals surface area contributed by atoms with Gasteiger partial charge in [-0.15, -0.1) is 0 Å². The lowest BCUT2D eigenvalue weighted by Crippen LogP contribution is -2.32. The Morgan fingerprint density at radius 3 is 2.59 bits per heavy atom. The molecule has 0 aromatic carbocycles. The number of ketones is 1. The Bertz CT molecular complexity index is 493. The molecule has 0 aliphatic heterocycles. The molecule has 0 amide bonds. The normalized spacial score (nSPS) is 18.8. The van der Waals surface area contributed by atoms with Crippen LogP contribution in [0.1, 0.15) is 42.6 Å². The number of carbonyl (C=O) groups excluding carboxylic acids is 1. The molecule has 4 nitrogen and oxygen atoms in total. The smallest absolute Gasteiger partial charge is 0.133 e. The molecule has 1 saturated carbocycles. The van der Waals surface area contributed by atoms with Gasteiger partial charge in [0.05, 0.1) is 17.0 Å². The molecule has 1 aliphatic carbocycles. The minimum absolute atomic E-state index is 0.194. The maximum absolute atomic E-state index is 11.2. The predicted molar refractivity (Wildman–Crippen MR) is 61.1 cm³/mol. The Hall–Kier alpha value is -1.73. The van der Waals surface area contributed by atoms with E-state index in [1.54, 1.807) is 19.1 Å². The summed E-state index contributed by atoms with van der Waals surface area (Å²) in [6, 6.07) is 5.40. The van der Waals surface area contributed by atoms with Gasteiger partial charge in [0, 0.05) is 12.8 Å². The van der Waals surface area contributed by atoms with E-state index in [4.69, 9.17) is 5.26 Å². The summed E-state index contributed by atoms with van der Waals surface area (Å²) < 4.78 is 0. The van der Waals surface area contributed by atoms with Crippen LogP contribution in [0.4, 0.5) is 0 Å². The van der Waals surface area contributed by atoms with Gasteiger partial charge in [0.15, 0.2) is 0 Å². The molecule has 88 valence electrons. The molecule has 0 atom stereocenters. The van der Waals surface area contributed by atoms with Gasteiger partial charge in [-0.2, -0.15) is 5.26 Å². The first-order chi connectivity index (χ1) is 8.05. The fourth-order valence-corrected chi connectivity index (χ4v) is 2.14. The van der Waals surface area contributed by atoms with Crippen LogP contribution in [0.25, 0.3) is 0 Å². The van der Waals surface area contributed by atoms with Crippen molar-refractivity contribution in [3.63, 3.8) is 0 Å². The van der Waals surface area contributed by atoms with Gasteiger partial charge in [-0.3, -0.25) is 9.78 Å². The number of pyridine rings is 1. The number of hydrogen-bond donors (Lipinski definition) is 1. The monoisotopic (exact) mass is 230 g/mol. The maximum Gasteiger partial charge on any atom is 0.133 e. The van der Waals surface area contributed by atoms with Crippen LogP contribution in [-0.2, 0) is 10.4 Å². The van der Waals surface area contributed by atoms with E-state index in [1.807, 2.05) is 6.07 Å². The largest absolute Gasteiger partial charge is 0.384 e. The minimum atomic E-state index is -1.01. The number of aromatic nitrogens is 1. The number of aliphatic hydroxyl groups is 1. The molecule has 1 aromatic heterocycles. The second kappa shape index (κ2) is 4.27. The fraction of sp³-hybridized carbons (Fsp3) is 0.462. The van der Waals surface area contributed by atoms with E-state index >= 15 is 0 Å². The molecule has 0 radical (unpaired) electrons. The highest BCUT2D eigenvalue weighted by molar-refractivity contribution is 5.79. The van der Waals surface area contributed by atoms with Crippen molar-refractivity contribution in [2.24, 2.45) is 0 Å². The van der Waals surface area contributed by atoms with Crippen LogP contribution >= 0.6 is 0 Å². The van der Waals surface area contributed by atoms with Crippen LogP contribution in [0.5, 0.6) is 0 Å². The lowest BCUT2D eigenvalue weighted by Gasteiger charge is -2.31. The maximum atomic E-state index is 11.2. The number of hydrogen-bond acceptors (Lipinski definition) is 4. The van der Waals surface area contributed by atoms with Crippen molar-refractivity contribution in [1.29, 1.82) is 5.26 Å². The van der Waals surface area contributed by atoms with Gasteiger partial charge in [0.25, 0.3) is 0 Å². The van der Waals surface area contributed by atoms with Crippen molar-refractivity contribution >= 4 is 5.78 Å². The van der Waals surface area contributed by atoms with Gasteiger partial charge in [0.1, 0.15) is 17.5 Å². The van der Waals surface area contributed by atoms with E-state index in [2.05, 4.69) is 4.98 Å². The van der Waals surface area contributed by atoms with Crippen molar-refractivity contribution in [2.75, 3.05) is 0 Å². The lowest BCUT2D eigenvalue weighted by molar-refractivity contribution is -0.125. The van der Waals surface area contributed by atoms with Crippen LogP contribution in [0.2, 0.25) is 0 Å². The van der Waals surface area contributed by atoms with E-state index < -0.39 is 5.60 Å². The summed E-state index contributed by atoms with van der Waals surface area (Å²) >= 11 is 0. The molecule has 0 unspecified atom stereocenters. The Kier molecular flexibility index (Phi) is 2.95. The predicted octanol–water partition coefficient (Wildman–Crippen LogP) is 1.59. The number of rotatable bonds is 1. The highest BCUT2D eigenvalue weighted by Crippen LogP contribution is 2.34. The molecule has 1 heterocycles. The van der Waals surface area contributed by atoms with Gasteiger partial charge in [0.2, 0.25) is 0 Å². The minimum Gasteiger partial charge on any atom is -0.384 e. The summed E-state index contributed by atoms with van der Waals surface area (Å²) in [4.78, 5) is 15.5. The van der Waals surface area contributed by atoms with Gasteiger partial charge in [-0.1, -0.05) is 0 Å². The molecule has 0 saturated heterocycles. The summed E-state index contributed by atoms with van der Waals surface area (Å²) in [7, 11) is 0. The Morgan fingerprint density at radius 1 is 1.41 bits per heavy atom. The zero-order chi connectivity index (χ0) is 12.5. The lowest BCUT2D eigenvalue weighted by atomic mass is 9.81. The van der Waals surface area contributed by atoms with Crippen LogP contribution in [0.15, 0.2) is 12.1 Å². The molecule has 1 aliphatic rings. The van der Waals surface area contributed by atoms with Gasteiger partial charge in [-0.05, 0) is 31.9 Å². The summed E-state index contributed by atoms with van der Waals surface area (Å²) in [5.41, 5.74) is 0.702. The van der Waals surface area contributed by atoms with E-state index in [-0.39, 0.29) is 5.78 Å². The third-order valence-electron chi connectivity index (χ3n) is 3.32. The fourth-order valence-electron chi connectivity index (χ4n) is 2.14. The third kappa shape index (κ3) is 2.20. The molecule has 0 spiro atoms. The number of nitrogens with zero attached hydrogens (tertiary/aromatic N) is 2. The quantitative estimate of drug-likeness (QED) is 0.795. The van der Waals surface area contributed by atoms with Gasteiger partial charge in [-0.25, -0.2) is 0 Å². The molecule has 1 aromatic rings. The Balaban J connectivity index is 2.31. The molecule has 0 bridgehead atoms. The molecular weight excluding hydrogens is 216 g/mol. The average Bonchev–Trinajstić information content (AvgIpc) is 2.33. The van der Waals surface area contributed by atoms with Crippen molar-refractivity contribution < 1.29 is 9.90 Å². The van der Waals surface area contributed by atoms with Crippen LogP contribution < -0.4 is 0 Å². The van der Waals surface area contributed by atoms with Gasteiger partial charge >= 0.3 is 0 Å². The van der Waals surface area contributed by atoms with Gasteiger partial charge < -0.3 is 5.11 Å². The Morgan fingerprint density at radius 2 is 2.06 bits per heavy atom. The van der Waals surface area contributed by atoms with E-state index in [9.17, 15) is 9.90 Å². The first kappa shape index (κ1) is 11.7.